The van der Waals surface area contributed by atoms with E-state index in [9.17, 15) is 0 Å². The number of nitrogens with zero attached hydrogens (tertiary/aromatic N) is 1. The van der Waals surface area contributed by atoms with E-state index in [-0.39, 0.29) is 0 Å². The molecule has 0 aromatic heterocycles. The van der Waals surface area contributed by atoms with Crippen LogP contribution in [0.3, 0.4) is 0 Å². The van der Waals surface area contributed by atoms with E-state index in [0.717, 1.165) is 44.2 Å². The van der Waals surface area contributed by atoms with E-state index >= 15 is 0 Å². The van der Waals surface area contributed by atoms with Gasteiger partial charge in [0.2, 0.25) is 5.75 Å². The fourth-order valence-corrected chi connectivity index (χ4v) is 2.62. The molecule has 124 valence electrons. The van der Waals surface area contributed by atoms with Gasteiger partial charge < -0.3 is 18.9 Å². The third-order valence-electron chi connectivity index (χ3n) is 3.91. The molecular formula is C17H27NO4. The maximum absolute atomic E-state index is 6.08. The monoisotopic (exact) mass is 309 g/mol. The molecule has 5 heteroatoms. The fourth-order valence-electron chi connectivity index (χ4n) is 2.62. The molecule has 0 saturated carbocycles. The van der Waals surface area contributed by atoms with Crippen LogP contribution in [0.5, 0.6) is 17.2 Å². The van der Waals surface area contributed by atoms with E-state index in [4.69, 9.17) is 18.9 Å². The largest absolute Gasteiger partial charge is 0.493 e. The number of methoxy groups -OCH3 is 2. The molecule has 0 radical (unpaired) electrons. The number of rotatable bonds is 7. The van der Waals surface area contributed by atoms with Crippen molar-refractivity contribution in [3.05, 3.63) is 17.7 Å². The highest BCUT2D eigenvalue weighted by atomic mass is 16.5. The Morgan fingerprint density at radius 3 is 2.41 bits per heavy atom. The van der Waals surface area contributed by atoms with Gasteiger partial charge in [-0.3, -0.25) is 4.90 Å². The Balaban J connectivity index is 2.09. The first kappa shape index (κ1) is 16.9. The van der Waals surface area contributed by atoms with Crippen LogP contribution in [0, 0.1) is 0 Å². The van der Waals surface area contributed by atoms with Crippen LogP contribution < -0.4 is 14.2 Å². The van der Waals surface area contributed by atoms with Gasteiger partial charge in [0.1, 0.15) is 6.61 Å². The van der Waals surface area contributed by atoms with Crippen molar-refractivity contribution in [3.63, 3.8) is 0 Å². The number of hydrogen-bond donors (Lipinski definition) is 0. The molecule has 1 aliphatic heterocycles. The first-order valence-electron chi connectivity index (χ1n) is 7.85. The fraction of sp³-hybridized carbons (Fsp3) is 0.647. The van der Waals surface area contributed by atoms with Gasteiger partial charge in [0.15, 0.2) is 11.5 Å². The lowest BCUT2D eigenvalue weighted by Gasteiger charge is -2.27. The number of benzene rings is 1. The third kappa shape index (κ3) is 4.05. The molecule has 22 heavy (non-hydrogen) atoms. The minimum Gasteiger partial charge on any atom is -0.493 e. The Morgan fingerprint density at radius 2 is 1.82 bits per heavy atom. The Bertz CT molecular complexity index is 470. The SMILES string of the molecule is COc1ccc(C(C)C)c(OCCN2CCOCC2)c1OC. The highest BCUT2D eigenvalue weighted by molar-refractivity contribution is 5.56. The van der Waals surface area contributed by atoms with Crippen LogP contribution in [0.4, 0.5) is 0 Å². The second-order valence-corrected chi connectivity index (χ2v) is 5.68. The smallest absolute Gasteiger partial charge is 0.203 e. The Labute approximate surface area is 133 Å². The van der Waals surface area contributed by atoms with Gasteiger partial charge in [-0.25, -0.2) is 0 Å². The second kappa shape index (κ2) is 8.25. The molecule has 1 aliphatic rings. The molecule has 0 unspecified atom stereocenters. The van der Waals surface area contributed by atoms with Crippen molar-refractivity contribution in [2.24, 2.45) is 0 Å². The number of morpholine rings is 1. The van der Waals surface area contributed by atoms with E-state index < -0.39 is 0 Å². The van der Waals surface area contributed by atoms with Gasteiger partial charge >= 0.3 is 0 Å². The summed E-state index contributed by atoms with van der Waals surface area (Å²) in [6.07, 6.45) is 0. The van der Waals surface area contributed by atoms with Gasteiger partial charge in [-0.15, -0.1) is 0 Å². The summed E-state index contributed by atoms with van der Waals surface area (Å²) in [5.41, 5.74) is 1.14. The van der Waals surface area contributed by atoms with Crippen LogP contribution in [-0.2, 0) is 4.74 Å². The van der Waals surface area contributed by atoms with Crippen LogP contribution in [0.2, 0.25) is 0 Å². The lowest BCUT2D eigenvalue weighted by Crippen LogP contribution is -2.38. The molecule has 0 amide bonds. The minimum absolute atomic E-state index is 0.359. The van der Waals surface area contributed by atoms with E-state index in [0.29, 0.717) is 24.0 Å². The average Bonchev–Trinajstić information content (AvgIpc) is 2.54. The molecular weight excluding hydrogens is 282 g/mol. The van der Waals surface area contributed by atoms with Gasteiger partial charge in [0.25, 0.3) is 0 Å². The van der Waals surface area contributed by atoms with Crippen LogP contribution in [0.1, 0.15) is 25.3 Å². The first-order valence-corrected chi connectivity index (χ1v) is 7.85. The molecule has 0 bridgehead atoms. The van der Waals surface area contributed by atoms with Crippen molar-refractivity contribution in [2.45, 2.75) is 19.8 Å². The summed E-state index contributed by atoms with van der Waals surface area (Å²) < 4.78 is 22.3. The Hall–Kier alpha value is -1.46. The maximum atomic E-state index is 6.08. The average molecular weight is 309 g/mol. The molecule has 1 fully saturated rings. The van der Waals surface area contributed by atoms with Crippen LogP contribution in [0.25, 0.3) is 0 Å². The summed E-state index contributed by atoms with van der Waals surface area (Å²) >= 11 is 0. The summed E-state index contributed by atoms with van der Waals surface area (Å²) in [6, 6.07) is 3.99. The minimum atomic E-state index is 0.359. The molecule has 0 atom stereocenters. The van der Waals surface area contributed by atoms with Crippen molar-refractivity contribution in [3.8, 4) is 17.2 Å². The van der Waals surface area contributed by atoms with Crippen molar-refractivity contribution >= 4 is 0 Å². The molecule has 0 spiro atoms. The van der Waals surface area contributed by atoms with Gasteiger partial charge in [-0.1, -0.05) is 19.9 Å². The zero-order valence-electron chi connectivity index (χ0n) is 14.1. The summed E-state index contributed by atoms with van der Waals surface area (Å²) in [7, 11) is 3.29. The van der Waals surface area contributed by atoms with Crippen molar-refractivity contribution in [1.29, 1.82) is 0 Å². The quantitative estimate of drug-likeness (QED) is 0.774. The third-order valence-corrected chi connectivity index (χ3v) is 3.91. The van der Waals surface area contributed by atoms with E-state index in [1.54, 1.807) is 14.2 Å². The molecule has 2 rings (SSSR count). The topological polar surface area (TPSA) is 40.2 Å². The number of ether oxygens (including phenoxy) is 4. The lowest BCUT2D eigenvalue weighted by molar-refractivity contribution is 0.0320. The highest BCUT2D eigenvalue weighted by Gasteiger charge is 2.19. The number of hydrogen-bond acceptors (Lipinski definition) is 5. The molecule has 0 aliphatic carbocycles. The Kier molecular flexibility index (Phi) is 6.34. The van der Waals surface area contributed by atoms with E-state index in [2.05, 4.69) is 24.8 Å². The van der Waals surface area contributed by atoms with Gasteiger partial charge in [0.05, 0.1) is 27.4 Å². The van der Waals surface area contributed by atoms with Crippen LogP contribution in [0.15, 0.2) is 12.1 Å². The van der Waals surface area contributed by atoms with Crippen molar-refractivity contribution in [1.82, 2.24) is 4.90 Å². The summed E-state index contributed by atoms with van der Waals surface area (Å²) in [5.74, 6) is 2.53. The lowest BCUT2D eigenvalue weighted by atomic mass is 10.0. The standard InChI is InChI=1S/C17H27NO4/c1-13(2)14-5-6-15(19-3)17(20-4)16(14)22-12-9-18-7-10-21-11-8-18/h5-6,13H,7-12H2,1-4H3. The zero-order chi connectivity index (χ0) is 15.9. The normalized spacial score (nSPS) is 15.9. The molecule has 1 aromatic rings. The van der Waals surface area contributed by atoms with Gasteiger partial charge in [-0.2, -0.15) is 0 Å². The highest BCUT2D eigenvalue weighted by Crippen LogP contribution is 2.42. The maximum Gasteiger partial charge on any atom is 0.203 e. The molecule has 1 saturated heterocycles. The second-order valence-electron chi connectivity index (χ2n) is 5.68. The first-order chi connectivity index (χ1) is 10.7. The molecule has 1 aromatic carbocycles. The van der Waals surface area contributed by atoms with E-state index in [1.807, 2.05) is 6.07 Å². The summed E-state index contributed by atoms with van der Waals surface area (Å²) in [4.78, 5) is 2.35. The predicted octanol–water partition coefficient (Wildman–Crippen LogP) is 2.54. The van der Waals surface area contributed by atoms with Crippen molar-refractivity contribution in [2.75, 3.05) is 53.7 Å². The summed E-state index contributed by atoms with van der Waals surface area (Å²) in [5, 5.41) is 0. The van der Waals surface area contributed by atoms with E-state index in [1.165, 1.54) is 0 Å². The molecule has 1 heterocycles. The summed E-state index contributed by atoms with van der Waals surface area (Å²) in [6.45, 7) is 9.36. The van der Waals surface area contributed by atoms with Crippen LogP contribution >= 0.6 is 0 Å². The molecule has 5 nitrogen and oxygen atoms in total. The van der Waals surface area contributed by atoms with Crippen molar-refractivity contribution < 1.29 is 18.9 Å². The zero-order valence-corrected chi connectivity index (χ0v) is 14.1. The van der Waals surface area contributed by atoms with Gasteiger partial charge in [-0.05, 0) is 12.0 Å². The molecule has 0 N–H and O–H groups in total. The Morgan fingerprint density at radius 1 is 1.09 bits per heavy atom. The van der Waals surface area contributed by atoms with Crippen LogP contribution in [-0.4, -0.2) is 58.6 Å². The predicted molar refractivity (Wildman–Crippen MR) is 86.4 cm³/mol. The van der Waals surface area contributed by atoms with Gasteiger partial charge in [0, 0.05) is 25.2 Å².